The number of carbonyl (C=O) groups is 1. The van der Waals surface area contributed by atoms with Crippen LogP contribution in [0.5, 0.6) is 0 Å². The Labute approximate surface area is 115 Å². The van der Waals surface area contributed by atoms with Gasteiger partial charge in [0.1, 0.15) is 5.60 Å². The van der Waals surface area contributed by atoms with Crippen molar-refractivity contribution in [2.24, 2.45) is 0 Å². The molecule has 0 saturated carbocycles. The van der Waals surface area contributed by atoms with E-state index in [4.69, 9.17) is 4.74 Å². The minimum atomic E-state index is -2.82. The molecule has 1 rings (SSSR count). The molecule has 0 radical (unpaired) electrons. The zero-order valence-corrected chi connectivity index (χ0v) is 13.1. The minimum Gasteiger partial charge on any atom is -0.444 e. The van der Waals surface area contributed by atoms with E-state index in [0.29, 0.717) is 6.54 Å². The quantitative estimate of drug-likeness (QED) is 0.796. The second-order valence-electron chi connectivity index (χ2n) is 6.67. The lowest BCUT2D eigenvalue weighted by molar-refractivity contribution is 0.0471. The molecule has 0 unspecified atom stereocenters. The summed E-state index contributed by atoms with van der Waals surface area (Å²) >= 11 is 0. The summed E-state index contributed by atoms with van der Waals surface area (Å²) in [7, 11) is -2.82. The summed E-state index contributed by atoms with van der Waals surface area (Å²) in [5.41, 5.74) is -1.03. The summed E-state index contributed by atoms with van der Waals surface area (Å²) in [6.45, 7) is 9.62. The van der Waals surface area contributed by atoms with Crippen LogP contribution in [0.2, 0.25) is 0 Å². The Balaban J connectivity index is 2.33. The van der Waals surface area contributed by atoms with Crippen molar-refractivity contribution in [3.63, 3.8) is 0 Å². The van der Waals surface area contributed by atoms with Crippen LogP contribution in [-0.4, -0.2) is 49.7 Å². The Morgan fingerprint density at radius 2 is 1.74 bits per heavy atom. The van der Waals surface area contributed by atoms with Gasteiger partial charge in [-0.25, -0.2) is 13.2 Å². The molecular formula is C12H24N2O4S. The minimum absolute atomic E-state index is 0.00953. The van der Waals surface area contributed by atoms with Gasteiger partial charge in [-0.05, 0) is 34.6 Å². The normalized spacial score (nSPS) is 19.6. The summed E-state index contributed by atoms with van der Waals surface area (Å²) in [6, 6.07) is -0.00953. The van der Waals surface area contributed by atoms with E-state index >= 15 is 0 Å². The molecule has 112 valence electrons. The average Bonchev–Trinajstić information content (AvgIpc) is 2.06. The molecular weight excluding hydrogens is 268 g/mol. The van der Waals surface area contributed by atoms with Crippen molar-refractivity contribution in [1.82, 2.24) is 10.6 Å². The third kappa shape index (κ3) is 6.24. The van der Waals surface area contributed by atoms with Crippen LogP contribution in [0.15, 0.2) is 0 Å². The molecule has 1 amide bonds. The molecule has 0 aromatic carbocycles. The molecule has 0 atom stereocenters. The number of sulfone groups is 1. The van der Waals surface area contributed by atoms with Crippen molar-refractivity contribution < 1.29 is 17.9 Å². The summed E-state index contributed by atoms with van der Waals surface area (Å²) in [5.74, 6) is 0.352. The highest BCUT2D eigenvalue weighted by Crippen LogP contribution is 2.12. The maximum Gasteiger partial charge on any atom is 0.408 e. The molecule has 1 heterocycles. The lowest BCUT2D eigenvalue weighted by atomic mass is 10.1. The SMILES string of the molecule is CC(C)(CNC1CS(=O)(=O)C1)NC(=O)OC(C)(C)C. The van der Waals surface area contributed by atoms with Gasteiger partial charge in [-0.15, -0.1) is 0 Å². The third-order valence-corrected chi connectivity index (χ3v) is 4.40. The van der Waals surface area contributed by atoms with Crippen molar-refractivity contribution in [3.05, 3.63) is 0 Å². The van der Waals surface area contributed by atoms with Crippen LogP contribution in [0.1, 0.15) is 34.6 Å². The molecule has 0 bridgehead atoms. The van der Waals surface area contributed by atoms with Crippen LogP contribution < -0.4 is 10.6 Å². The van der Waals surface area contributed by atoms with Crippen LogP contribution in [0.25, 0.3) is 0 Å². The first-order valence-corrected chi connectivity index (χ1v) is 8.16. The highest BCUT2D eigenvalue weighted by molar-refractivity contribution is 7.92. The van der Waals surface area contributed by atoms with Crippen molar-refractivity contribution in [2.75, 3.05) is 18.1 Å². The fourth-order valence-corrected chi connectivity index (χ4v) is 3.07. The lowest BCUT2D eigenvalue weighted by Crippen LogP contribution is -2.58. The van der Waals surface area contributed by atoms with Gasteiger partial charge in [-0.2, -0.15) is 0 Å². The maximum absolute atomic E-state index is 11.6. The molecule has 0 spiro atoms. The summed E-state index contributed by atoms with van der Waals surface area (Å²) < 4.78 is 27.2. The molecule has 1 aliphatic rings. The number of ether oxygens (including phenoxy) is 1. The molecule has 0 aromatic heterocycles. The van der Waals surface area contributed by atoms with E-state index in [-0.39, 0.29) is 17.5 Å². The first kappa shape index (κ1) is 16.2. The van der Waals surface area contributed by atoms with Gasteiger partial charge in [0.05, 0.1) is 17.0 Å². The van der Waals surface area contributed by atoms with Gasteiger partial charge in [-0.1, -0.05) is 0 Å². The Hall–Kier alpha value is -0.820. The number of hydrogen-bond acceptors (Lipinski definition) is 5. The molecule has 0 aromatic rings. The molecule has 1 saturated heterocycles. The summed E-state index contributed by atoms with van der Waals surface area (Å²) in [5, 5.41) is 5.90. The van der Waals surface area contributed by atoms with Crippen LogP contribution >= 0.6 is 0 Å². The van der Waals surface area contributed by atoms with Crippen molar-refractivity contribution >= 4 is 15.9 Å². The molecule has 7 heteroatoms. The second-order valence-corrected chi connectivity index (χ2v) is 8.82. The molecule has 2 N–H and O–H groups in total. The van der Waals surface area contributed by atoms with Gasteiger partial charge >= 0.3 is 6.09 Å². The highest BCUT2D eigenvalue weighted by Gasteiger charge is 2.34. The first-order chi connectivity index (χ1) is 8.39. The fourth-order valence-electron chi connectivity index (χ4n) is 1.71. The standard InChI is InChI=1S/C12H24N2O4S/c1-11(2,3)18-10(15)14-12(4,5)8-13-9-6-19(16,17)7-9/h9,13H,6-8H2,1-5H3,(H,14,15). The second kappa shape index (κ2) is 5.28. The predicted octanol–water partition coefficient (Wildman–Crippen LogP) is 0.676. The molecule has 0 aliphatic carbocycles. The van der Waals surface area contributed by atoms with Crippen LogP contribution in [-0.2, 0) is 14.6 Å². The van der Waals surface area contributed by atoms with Crippen LogP contribution in [0.3, 0.4) is 0 Å². The number of alkyl carbamates (subject to hydrolysis) is 1. The van der Waals surface area contributed by atoms with Crippen molar-refractivity contribution in [3.8, 4) is 0 Å². The number of rotatable bonds is 4. The van der Waals surface area contributed by atoms with Gasteiger partial charge in [0.15, 0.2) is 9.84 Å². The monoisotopic (exact) mass is 292 g/mol. The van der Waals surface area contributed by atoms with E-state index in [1.54, 1.807) is 20.8 Å². The Kier molecular flexibility index (Phi) is 4.51. The smallest absolute Gasteiger partial charge is 0.408 e. The van der Waals surface area contributed by atoms with E-state index in [2.05, 4.69) is 10.6 Å². The summed E-state index contributed by atoms with van der Waals surface area (Å²) in [4.78, 5) is 11.6. The van der Waals surface area contributed by atoms with E-state index in [1.807, 2.05) is 13.8 Å². The number of carbonyl (C=O) groups excluding carboxylic acids is 1. The van der Waals surface area contributed by atoms with Crippen LogP contribution in [0.4, 0.5) is 4.79 Å². The average molecular weight is 292 g/mol. The fraction of sp³-hybridized carbons (Fsp3) is 0.917. The topological polar surface area (TPSA) is 84.5 Å². The molecule has 1 aliphatic heterocycles. The maximum atomic E-state index is 11.6. The number of nitrogens with one attached hydrogen (secondary N) is 2. The predicted molar refractivity (Wildman–Crippen MR) is 73.9 cm³/mol. The third-order valence-electron chi connectivity index (χ3n) is 2.58. The van der Waals surface area contributed by atoms with Gasteiger partial charge in [0, 0.05) is 12.6 Å². The largest absolute Gasteiger partial charge is 0.444 e. The van der Waals surface area contributed by atoms with Gasteiger partial charge in [0.25, 0.3) is 0 Å². The number of amides is 1. The lowest BCUT2D eigenvalue weighted by Gasteiger charge is -2.33. The highest BCUT2D eigenvalue weighted by atomic mass is 32.2. The Bertz CT molecular complexity index is 425. The van der Waals surface area contributed by atoms with Gasteiger partial charge < -0.3 is 15.4 Å². The van der Waals surface area contributed by atoms with Gasteiger partial charge in [0.2, 0.25) is 0 Å². The zero-order valence-electron chi connectivity index (χ0n) is 12.2. The zero-order chi connectivity index (χ0) is 14.9. The van der Waals surface area contributed by atoms with Crippen LogP contribution in [0, 0.1) is 0 Å². The van der Waals surface area contributed by atoms with E-state index < -0.39 is 27.1 Å². The summed E-state index contributed by atoms with van der Waals surface area (Å²) in [6.07, 6.45) is -0.472. The molecule has 6 nitrogen and oxygen atoms in total. The van der Waals surface area contributed by atoms with E-state index in [9.17, 15) is 13.2 Å². The van der Waals surface area contributed by atoms with Crippen molar-refractivity contribution in [2.45, 2.75) is 51.8 Å². The Morgan fingerprint density at radius 1 is 1.21 bits per heavy atom. The number of hydrogen-bond donors (Lipinski definition) is 2. The molecule has 1 fully saturated rings. The van der Waals surface area contributed by atoms with E-state index in [0.717, 1.165) is 0 Å². The van der Waals surface area contributed by atoms with Gasteiger partial charge in [-0.3, -0.25) is 0 Å². The van der Waals surface area contributed by atoms with Crippen molar-refractivity contribution in [1.29, 1.82) is 0 Å². The Morgan fingerprint density at radius 3 is 2.16 bits per heavy atom. The molecule has 19 heavy (non-hydrogen) atoms. The van der Waals surface area contributed by atoms with E-state index in [1.165, 1.54) is 0 Å². The first-order valence-electron chi connectivity index (χ1n) is 6.34.